The summed E-state index contributed by atoms with van der Waals surface area (Å²) in [5.74, 6) is 1.06. The van der Waals surface area contributed by atoms with Crippen LogP contribution in [0.15, 0.2) is 29.3 Å². The number of amides is 2. The van der Waals surface area contributed by atoms with Crippen LogP contribution in [0.5, 0.6) is 0 Å². The minimum atomic E-state index is -0.0912. The molecule has 0 saturated carbocycles. The second kappa shape index (κ2) is 11.1. The van der Waals surface area contributed by atoms with E-state index in [0.29, 0.717) is 12.1 Å². The fraction of sp³-hybridized carbons (Fsp3) is 0.609. The molecule has 2 aliphatic rings. The summed E-state index contributed by atoms with van der Waals surface area (Å²) in [6.45, 7) is 10.6. The summed E-state index contributed by atoms with van der Waals surface area (Å²) in [5.41, 5.74) is 1.64. The first-order chi connectivity index (χ1) is 15.0. The zero-order valence-corrected chi connectivity index (χ0v) is 19.1. The number of hydrogen-bond donors (Lipinski definition) is 2. The van der Waals surface area contributed by atoms with Crippen molar-refractivity contribution < 1.29 is 9.59 Å². The van der Waals surface area contributed by atoms with Gasteiger partial charge in [-0.05, 0) is 44.4 Å². The standard InChI is InChI=1S/C23H36N6O2/c1-4-25-23(26-17-19-8-7-9-20(16-19)21(30)24-3)29-14-12-27(13-15-29)18(2)22(31)28-10-5-6-11-28/h7-9,16,18H,4-6,10-15,17H2,1-3H3,(H,24,30)(H,25,26). The van der Waals surface area contributed by atoms with Gasteiger partial charge in [-0.15, -0.1) is 0 Å². The molecule has 0 aliphatic carbocycles. The van der Waals surface area contributed by atoms with Crippen LogP contribution in [0.25, 0.3) is 0 Å². The molecule has 31 heavy (non-hydrogen) atoms. The first kappa shape index (κ1) is 23.1. The van der Waals surface area contributed by atoms with Gasteiger partial charge in [-0.25, -0.2) is 4.99 Å². The highest BCUT2D eigenvalue weighted by Crippen LogP contribution is 2.14. The third-order valence-electron chi connectivity index (χ3n) is 6.10. The monoisotopic (exact) mass is 428 g/mol. The maximum atomic E-state index is 12.7. The van der Waals surface area contributed by atoms with Gasteiger partial charge in [0.15, 0.2) is 5.96 Å². The van der Waals surface area contributed by atoms with E-state index in [9.17, 15) is 9.59 Å². The van der Waals surface area contributed by atoms with Crippen molar-refractivity contribution >= 4 is 17.8 Å². The van der Waals surface area contributed by atoms with Gasteiger partial charge in [0, 0.05) is 58.4 Å². The summed E-state index contributed by atoms with van der Waals surface area (Å²) in [4.78, 5) is 36.0. The fourth-order valence-electron chi connectivity index (χ4n) is 4.23. The molecule has 0 bridgehead atoms. The van der Waals surface area contributed by atoms with Gasteiger partial charge >= 0.3 is 0 Å². The molecule has 2 heterocycles. The van der Waals surface area contributed by atoms with Gasteiger partial charge in [0.05, 0.1) is 12.6 Å². The van der Waals surface area contributed by atoms with Crippen molar-refractivity contribution in [2.75, 3.05) is 52.9 Å². The van der Waals surface area contributed by atoms with Gasteiger partial charge < -0.3 is 20.4 Å². The molecular weight excluding hydrogens is 392 g/mol. The van der Waals surface area contributed by atoms with Gasteiger partial charge in [0.1, 0.15) is 0 Å². The van der Waals surface area contributed by atoms with Crippen LogP contribution in [0.3, 0.4) is 0 Å². The van der Waals surface area contributed by atoms with E-state index in [1.54, 1.807) is 13.1 Å². The highest BCUT2D eigenvalue weighted by molar-refractivity contribution is 5.94. The second-order valence-electron chi connectivity index (χ2n) is 8.18. The van der Waals surface area contributed by atoms with Gasteiger partial charge in [0.2, 0.25) is 5.91 Å². The zero-order chi connectivity index (χ0) is 22.2. The molecule has 1 aromatic rings. The lowest BCUT2D eigenvalue weighted by atomic mass is 10.1. The molecule has 8 heteroatoms. The van der Waals surface area contributed by atoms with Crippen LogP contribution in [-0.4, -0.2) is 91.4 Å². The molecule has 2 N–H and O–H groups in total. The summed E-state index contributed by atoms with van der Waals surface area (Å²) in [6.07, 6.45) is 2.25. The quantitative estimate of drug-likeness (QED) is 0.525. The molecule has 0 spiro atoms. The zero-order valence-electron chi connectivity index (χ0n) is 19.1. The van der Waals surface area contributed by atoms with Gasteiger partial charge in [-0.3, -0.25) is 14.5 Å². The van der Waals surface area contributed by atoms with Gasteiger partial charge in [-0.2, -0.15) is 0 Å². The fourth-order valence-corrected chi connectivity index (χ4v) is 4.23. The SMILES string of the molecule is CCNC(=NCc1cccc(C(=O)NC)c1)N1CCN(C(C)C(=O)N2CCCC2)CC1. The van der Waals surface area contributed by atoms with Crippen molar-refractivity contribution in [2.45, 2.75) is 39.3 Å². The van der Waals surface area contributed by atoms with E-state index in [4.69, 9.17) is 4.99 Å². The van der Waals surface area contributed by atoms with Crippen molar-refractivity contribution in [3.05, 3.63) is 35.4 Å². The highest BCUT2D eigenvalue weighted by atomic mass is 16.2. The smallest absolute Gasteiger partial charge is 0.251 e. The molecule has 2 saturated heterocycles. The maximum absolute atomic E-state index is 12.7. The molecule has 3 rings (SSSR count). The van der Waals surface area contributed by atoms with Crippen LogP contribution in [0, 0.1) is 0 Å². The van der Waals surface area contributed by atoms with E-state index in [1.807, 2.05) is 30.0 Å². The predicted molar refractivity (Wildman–Crippen MR) is 123 cm³/mol. The van der Waals surface area contributed by atoms with Crippen LogP contribution in [0.1, 0.15) is 42.6 Å². The van der Waals surface area contributed by atoms with Crippen molar-refractivity contribution in [1.29, 1.82) is 0 Å². The molecular formula is C23H36N6O2. The Morgan fingerprint density at radius 2 is 1.77 bits per heavy atom. The number of carbonyl (C=O) groups is 2. The van der Waals surface area contributed by atoms with Gasteiger partial charge in [-0.1, -0.05) is 12.1 Å². The molecule has 0 aromatic heterocycles. The number of benzene rings is 1. The van der Waals surface area contributed by atoms with E-state index < -0.39 is 0 Å². The summed E-state index contributed by atoms with van der Waals surface area (Å²) in [7, 11) is 1.63. The number of nitrogens with one attached hydrogen (secondary N) is 2. The first-order valence-corrected chi connectivity index (χ1v) is 11.4. The van der Waals surface area contributed by atoms with Crippen molar-refractivity contribution in [3.63, 3.8) is 0 Å². The Morgan fingerprint density at radius 3 is 2.42 bits per heavy atom. The summed E-state index contributed by atoms with van der Waals surface area (Å²) in [6, 6.07) is 7.51. The van der Waals surface area contributed by atoms with Crippen LogP contribution in [0.4, 0.5) is 0 Å². The molecule has 170 valence electrons. The molecule has 2 fully saturated rings. The molecule has 0 radical (unpaired) electrons. The Hall–Kier alpha value is -2.61. The van der Waals surface area contributed by atoms with Crippen molar-refractivity contribution in [1.82, 2.24) is 25.3 Å². The Morgan fingerprint density at radius 1 is 1.06 bits per heavy atom. The van der Waals surface area contributed by atoms with Crippen molar-refractivity contribution in [3.8, 4) is 0 Å². The third-order valence-corrected chi connectivity index (χ3v) is 6.10. The largest absolute Gasteiger partial charge is 0.357 e. The number of aliphatic imine (C=N–C) groups is 1. The first-order valence-electron chi connectivity index (χ1n) is 11.4. The lowest BCUT2D eigenvalue weighted by molar-refractivity contribution is -0.135. The molecule has 8 nitrogen and oxygen atoms in total. The average Bonchev–Trinajstić information content (AvgIpc) is 3.35. The van der Waals surface area contributed by atoms with E-state index in [-0.39, 0.29) is 17.9 Å². The predicted octanol–water partition coefficient (Wildman–Crippen LogP) is 1.14. The number of likely N-dealkylation sites (tertiary alicyclic amines) is 1. The summed E-state index contributed by atoms with van der Waals surface area (Å²) < 4.78 is 0. The lowest BCUT2D eigenvalue weighted by Gasteiger charge is -2.39. The number of guanidine groups is 1. The number of carbonyl (C=O) groups excluding carboxylic acids is 2. The van der Waals surface area contributed by atoms with Crippen LogP contribution in [0.2, 0.25) is 0 Å². The van der Waals surface area contributed by atoms with Crippen LogP contribution in [-0.2, 0) is 11.3 Å². The Bertz CT molecular complexity index is 782. The number of hydrogen-bond acceptors (Lipinski definition) is 4. The maximum Gasteiger partial charge on any atom is 0.251 e. The van der Waals surface area contributed by atoms with Crippen LogP contribution < -0.4 is 10.6 Å². The second-order valence-corrected chi connectivity index (χ2v) is 8.18. The van der Waals surface area contributed by atoms with Crippen LogP contribution >= 0.6 is 0 Å². The summed E-state index contributed by atoms with van der Waals surface area (Å²) >= 11 is 0. The number of rotatable bonds is 6. The molecule has 2 aliphatic heterocycles. The molecule has 1 atom stereocenters. The van der Waals surface area contributed by atoms with E-state index in [1.165, 1.54) is 0 Å². The Kier molecular flexibility index (Phi) is 8.28. The number of piperazine rings is 1. The lowest BCUT2D eigenvalue weighted by Crippen LogP contribution is -2.57. The molecule has 1 unspecified atom stereocenters. The normalized spacial score (nSPS) is 18.7. The minimum absolute atomic E-state index is 0.0628. The van der Waals surface area contributed by atoms with E-state index in [2.05, 4.69) is 27.4 Å². The topological polar surface area (TPSA) is 80.3 Å². The van der Waals surface area contributed by atoms with E-state index >= 15 is 0 Å². The Balaban J connectivity index is 1.58. The minimum Gasteiger partial charge on any atom is -0.357 e. The number of nitrogens with zero attached hydrogens (tertiary/aromatic N) is 4. The molecule has 1 aromatic carbocycles. The summed E-state index contributed by atoms with van der Waals surface area (Å²) in [5, 5.41) is 6.04. The molecule has 2 amide bonds. The van der Waals surface area contributed by atoms with Gasteiger partial charge in [0.25, 0.3) is 5.91 Å². The third kappa shape index (κ3) is 5.97. The Labute approximate surface area is 185 Å². The highest BCUT2D eigenvalue weighted by Gasteiger charge is 2.30. The van der Waals surface area contributed by atoms with E-state index in [0.717, 1.165) is 70.2 Å². The van der Waals surface area contributed by atoms with Crippen molar-refractivity contribution in [2.24, 2.45) is 4.99 Å². The average molecular weight is 429 g/mol.